The maximum Gasteiger partial charge on any atom is 0.333 e. The molecule has 0 atom stereocenters. The topological polar surface area (TPSA) is 39.0 Å². The molecule has 0 spiro atoms. The lowest BCUT2D eigenvalue weighted by atomic mass is 10.1. The molecule has 102 valence electrons. The fourth-order valence-electron chi connectivity index (χ4n) is 2.50. The predicted octanol–water partition coefficient (Wildman–Crippen LogP) is 2.18. The fraction of sp³-hybridized carbons (Fsp3) is 0.188. The van der Waals surface area contributed by atoms with Gasteiger partial charge in [-0.3, -0.25) is 9.13 Å². The summed E-state index contributed by atoms with van der Waals surface area (Å²) in [5, 5.41) is 3.15. The Labute approximate surface area is 117 Å². The molecule has 1 aromatic carbocycles. The monoisotopic (exact) mass is 267 g/mol. The number of nitrogens with one attached hydrogen (secondary N) is 1. The molecule has 20 heavy (non-hydrogen) atoms. The molecular weight excluding hydrogens is 250 g/mol. The molecule has 1 N–H and O–H groups in total. The molecule has 2 heterocycles. The van der Waals surface area contributed by atoms with Gasteiger partial charge in [0.25, 0.3) is 0 Å². The number of hydrogen-bond donors (Lipinski definition) is 1. The third-order valence-electron chi connectivity index (χ3n) is 3.59. The summed E-state index contributed by atoms with van der Waals surface area (Å²) in [6.45, 7) is 7.03. The van der Waals surface area contributed by atoms with Gasteiger partial charge in [-0.15, -0.1) is 0 Å². The molecule has 0 aliphatic carbocycles. The van der Waals surface area contributed by atoms with E-state index in [1.54, 1.807) is 15.3 Å². The minimum absolute atomic E-state index is 0.0427. The molecule has 3 rings (SSSR count). The molecule has 0 bridgehead atoms. The van der Waals surface area contributed by atoms with Crippen LogP contribution in [0.25, 0.3) is 12.3 Å². The van der Waals surface area contributed by atoms with Crippen LogP contribution >= 0.6 is 0 Å². The molecule has 0 saturated carbocycles. The third kappa shape index (κ3) is 1.99. The van der Waals surface area contributed by atoms with Gasteiger partial charge in [0, 0.05) is 6.20 Å². The van der Waals surface area contributed by atoms with Gasteiger partial charge in [0.15, 0.2) is 0 Å². The number of fused-ring (bicyclic) bond motifs is 1. The number of hydrogen-bond acceptors (Lipinski definition) is 2. The number of nitrogens with zero attached hydrogens (tertiary/aromatic N) is 2. The van der Waals surface area contributed by atoms with Crippen molar-refractivity contribution < 1.29 is 0 Å². The average Bonchev–Trinajstić information content (AvgIpc) is 2.74. The van der Waals surface area contributed by atoms with Crippen molar-refractivity contribution in [1.29, 1.82) is 0 Å². The number of benzene rings is 1. The summed E-state index contributed by atoms with van der Waals surface area (Å²) < 4.78 is 3.40. The van der Waals surface area contributed by atoms with Crippen LogP contribution in [-0.2, 0) is 13.1 Å². The lowest BCUT2D eigenvalue weighted by molar-refractivity contribution is 0.680. The van der Waals surface area contributed by atoms with Crippen molar-refractivity contribution in [1.82, 2.24) is 14.5 Å². The van der Waals surface area contributed by atoms with E-state index in [2.05, 4.69) is 43.1 Å². The molecule has 0 unspecified atom stereocenters. The molecule has 0 amide bonds. The van der Waals surface area contributed by atoms with Crippen molar-refractivity contribution in [2.45, 2.75) is 20.0 Å². The van der Waals surface area contributed by atoms with Crippen LogP contribution in [0.5, 0.6) is 0 Å². The summed E-state index contributed by atoms with van der Waals surface area (Å²) >= 11 is 0. The highest BCUT2D eigenvalue weighted by Crippen LogP contribution is 2.15. The highest BCUT2D eigenvalue weighted by atomic mass is 16.1. The van der Waals surface area contributed by atoms with Crippen molar-refractivity contribution in [3.05, 3.63) is 70.0 Å². The molecule has 4 nitrogen and oxygen atoms in total. The summed E-state index contributed by atoms with van der Waals surface area (Å²) in [5.41, 5.74) is 4.21. The van der Waals surface area contributed by atoms with Gasteiger partial charge in [0.05, 0.1) is 24.5 Å². The minimum atomic E-state index is -0.0427. The van der Waals surface area contributed by atoms with Gasteiger partial charge in [-0.05, 0) is 24.8 Å². The fourth-order valence-corrected chi connectivity index (χ4v) is 2.50. The minimum Gasteiger partial charge on any atom is -0.385 e. The summed E-state index contributed by atoms with van der Waals surface area (Å²) in [6.07, 6.45) is 5.34. The Balaban J connectivity index is 2.08. The van der Waals surface area contributed by atoms with E-state index in [9.17, 15) is 4.79 Å². The normalized spacial score (nSPS) is 12.8. The van der Waals surface area contributed by atoms with Crippen LogP contribution in [0, 0.1) is 6.92 Å². The Hall–Kier alpha value is -2.49. The largest absolute Gasteiger partial charge is 0.385 e. The third-order valence-corrected chi connectivity index (χ3v) is 3.59. The second kappa shape index (κ2) is 4.89. The molecular formula is C16H17N3O. The number of rotatable bonds is 3. The summed E-state index contributed by atoms with van der Waals surface area (Å²) in [6, 6.07) is 8.25. The van der Waals surface area contributed by atoms with Gasteiger partial charge in [-0.2, -0.15) is 0 Å². The molecule has 1 aliphatic heterocycles. The number of aromatic nitrogens is 2. The van der Waals surface area contributed by atoms with Crippen LogP contribution in [0.2, 0.25) is 0 Å². The SMILES string of the molecule is C=Cn1c2c(n(Cc3ccc(C)cc3)c1=O)CNC=C2. The van der Waals surface area contributed by atoms with Gasteiger partial charge >= 0.3 is 5.69 Å². The highest BCUT2D eigenvalue weighted by molar-refractivity contribution is 5.53. The maximum atomic E-state index is 12.5. The quantitative estimate of drug-likeness (QED) is 0.925. The Bertz CT molecular complexity index is 732. The molecule has 4 heteroatoms. The van der Waals surface area contributed by atoms with Crippen molar-refractivity contribution >= 4 is 12.3 Å². The second-order valence-electron chi connectivity index (χ2n) is 4.95. The average molecular weight is 267 g/mol. The first-order valence-electron chi connectivity index (χ1n) is 6.62. The molecule has 1 aliphatic rings. The zero-order valence-corrected chi connectivity index (χ0v) is 11.5. The Morgan fingerprint density at radius 2 is 2.10 bits per heavy atom. The number of aryl methyl sites for hydroxylation is 1. The first kappa shape index (κ1) is 12.5. The molecule has 0 fully saturated rings. The van der Waals surface area contributed by atoms with Crippen molar-refractivity contribution in [2.75, 3.05) is 0 Å². The lowest BCUT2D eigenvalue weighted by Gasteiger charge is -2.12. The van der Waals surface area contributed by atoms with Crippen LogP contribution in [0.15, 0.2) is 41.8 Å². The summed E-state index contributed by atoms with van der Waals surface area (Å²) in [5.74, 6) is 0. The summed E-state index contributed by atoms with van der Waals surface area (Å²) in [7, 11) is 0. The zero-order chi connectivity index (χ0) is 14.1. The molecule has 2 aromatic rings. The van der Waals surface area contributed by atoms with Gasteiger partial charge < -0.3 is 5.32 Å². The van der Waals surface area contributed by atoms with E-state index in [4.69, 9.17) is 0 Å². The van der Waals surface area contributed by atoms with Gasteiger partial charge in [0.1, 0.15) is 0 Å². The van der Waals surface area contributed by atoms with E-state index < -0.39 is 0 Å². The van der Waals surface area contributed by atoms with Gasteiger partial charge in [0.2, 0.25) is 0 Å². The van der Waals surface area contributed by atoms with E-state index in [1.165, 1.54) is 5.56 Å². The van der Waals surface area contributed by atoms with Crippen LogP contribution in [0.3, 0.4) is 0 Å². The van der Waals surface area contributed by atoms with Crippen LogP contribution in [0.1, 0.15) is 22.5 Å². The summed E-state index contributed by atoms with van der Waals surface area (Å²) in [4.78, 5) is 12.5. The molecule has 1 aromatic heterocycles. The van der Waals surface area contributed by atoms with E-state index in [0.717, 1.165) is 17.0 Å². The van der Waals surface area contributed by atoms with Crippen LogP contribution in [0.4, 0.5) is 0 Å². The smallest absolute Gasteiger partial charge is 0.333 e. The van der Waals surface area contributed by atoms with E-state index >= 15 is 0 Å². The Morgan fingerprint density at radius 1 is 1.35 bits per heavy atom. The van der Waals surface area contributed by atoms with Crippen LogP contribution in [-0.4, -0.2) is 9.13 Å². The van der Waals surface area contributed by atoms with Crippen molar-refractivity contribution in [2.24, 2.45) is 0 Å². The molecule has 0 radical (unpaired) electrons. The van der Waals surface area contributed by atoms with E-state index in [-0.39, 0.29) is 5.69 Å². The van der Waals surface area contributed by atoms with Crippen molar-refractivity contribution in [3.8, 4) is 0 Å². The van der Waals surface area contributed by atoms with E-state index in [1.807, 2.05) is 12.3 Å². The van der Waals surface area contributed by atoms with Crippen molar-refractivity contribution in [3.63, 3.8) is 0 Å². The highest BCUT2D eigenvalue weighted by Gasteiger charge is 2.18. The maximum absolute atomic E-state index is 12.5. The Kier molecular flexibility index (Phi) is 3.06. The standard InChI is InChI=1S/C16H17N3O/c1-3-18-14-8-9-17-10-15(14)19(16(18)20)11-13-6-4-12(2)5-7-13/h3-9,17H,1,10-11H2,2H3. The van der Waals surface area contributed by atoms with E-state index in [0.29, 0.717) is 13.1 Å². The molecule has 0 saturated heterocycles. The van der Waals surface area contributed by atoms with Gasteiger partial charge in [-0.25, -0.2) is 4.79 Å². The first-order chi connectivity index (χ1) is 9.70. The zero-order valence-electron chi connectivity index (χ0n) is 11.5. The van der Waals surface area contributed by atoms with Gasteiger partial charge in [-0.1, -0.05) is 36.4 Å². The van der Waals surface area contributed by atoms with Crippen LogP contribution < -0.4 is 11.0 Å². The number of imidazole rings is 1. The lowest BCUT2D eigenvalue weighted by Crippen LogP contribution is -2.24. The second-order valence-corrected chi connectivity index (χ2v) is 4.95. The predicted molar refractivity (Wildman–Crippen MR) is 81.2 cm³/mol. The Morgan fingerprint density at radius 3 is 2.80 bits per heavy atom. The first-order valence-corrected chi connectivity index (χ1v) is 6.62.